The number of hydrogen-bond donors (Lipinski definition) is 1. The fourth-order valence-electron chi connectivity index (χ4n) is 1.22. The molecule has 5 nitrogen and oxygen atoms in total. The van der Waals surface area contributed by atoms with Crippen LogP contribution in [0.1, 0.15) is 27.2 Å². The summed E-state index contributed by atoms with van der Waals surface area (Å²) < 4.78 is 9.80. The van der Waals surface area contributed by atoms with E-state index in [-0.39, 0.29) is 12.5 Å². The van der Waals surface area contributed by atoms with Gasteiger partial charge >= 0.3 is 12.1 Å². The molecule has 1 amide bonds. The molecule has 1 N–H and O–H groups in total. The van der Waals surface area contributed by atoms with E-state index in [1.54, 1.807) is 13.0 Å². The van der Waals surface area contributed by atoms with E-state index in [0.717, 1.165) is 0 Å². The Morgan fingerprint density at radius 2 is 2.29 bits per heavy atom. The van der Waals surface area contributed by atoms with E-state index in [1.165, 1.54) is 0 Å². The number of esters is 1. The van der Waals surface area contributed by atoms with Gasteiger partial charge in [0.15, 0.2) is 0 Å². The highest BCUT2D eigenvalue weighted by atomic mass is 35.5. The van der Waals surface area contributed by atoms with Gasteiger partial charge < -0.3 is 9.47 Å². The predicted molar refractivity (Wildman–Crippen MR) is 64.8 cm³/mol. The molecule has 1 unspecified atom stereocenters. The SMILES string of the molecule is C/C=C1/NC(=O)OCCC1OC(=O)CCl.CC. The predicted octanol–water partition coefficient (Wildman–Crippen LogP) is 2.20. The van der Waals surface area contributed by atoms with Gasteiger partial charge in [-0.1, -0.05) is 19.9 Å². The molecule has 0 aromatic rings. The summed E-state index contributed by atoms with van der Waals surface area (Å²) in [7, 11) is 0. The summed E-state index contributed by atoms with van der Waals surface area (Å²) >= 11 is 5.32. The molecule has 1 heterocycles. The Bertz CT molecular complexity index is 291. The number of hydrogen-bond acceptors (Lipinski definition) is 4. The molecule has 0 spiro atoms. The molecule has 1 fully saturated rings. The zero-order valence-corrected chi connectivity index (χ0v) is 11.0. The molecular weight excluding hydrogens is 246 g/mol. The van der Waals surface area contributed by atoms with Crippen LogP contribution in [0, 0.1) is 0 Å². The van der Waals surface area contributed by atoms with Crippen LogP contribution < -0.4 is 5.32 Å². The van der Waals surface area contributed by atoms with E-state index < -0.39 is 18.2 Å². The molecule has 6 heteroatoms. The number of alkyl halides is 1. The molecule has 98 valence electrons. The molecule has 0 saturated carbocycles. The maximum absolute atomic E-state index is 11.0. The van der Waals surface area contributed by atoms with Gasteiger partial charge in [-0.2, -0.15) is 0 Å². The molecule has 0 aliphatic carbocycles. The van der Waals surface area contributed by atoms with Crippen molar-refractivity contribution in [2.45, 2.75) is 33.3 Å². The smallest absolute Gasteiger partial charge is 0.411 e. The fourth-order valence-corrected chi connectivity index (χ4v) is 1.28. The molecule has 1 aliphatic rings. The van der Waals surface area contributed by atoms with Gasteiger partial charge in [0, 0.05) is 6.42 Å². The van der Waals surface area contributed by atoms with E-state index in [1.807, 2.05) is 13.8 Å². The van der Waals surface area contributed by atoms with Crippen LogP contribution in [-0.4, -0.2) is 30.7 Å². The van der Waals surface area contributed by atoms with Crippen LogP contribution >= 0.6 is 11.6 Å². The Labute approximate surface area is 106 Å². The highest BCUT2D eigenvalue weighted by Crippen LogP contribution is 2.13. The van der Waals surface area contributed by atoms with Gasteiger partial charge in [0.05, 0.1) is 12.3 Å². The van der Waals surface area contributed by atoms with Crippen molar-refractivity contribution in [1.29, 1.82) is 0 Å². The third-order valence-electron chi connectivity index (χ3n) is 1.90. The Balaban J connectivity index is 0.00000121. The van der Waals surface area contributed by atoms with Crippen LogP contribution in [-0.2, 0) is 14.3 Å². The first-order chi connectivity index (χ1) is 8.17. The van der Waals surface area contributed by atoms with Gasteiger partial charge in [0.25, 0.3) is 0 Å². The number of cyclic esters (lactones) is 1. The number of nitrogens with one attached hydrogen (secondary N) is 1. The summed E-state index contributed by atoms with van der Waals surface area (Å²) in [5.41, 5.74) is 0.524. The zero-order valence-electron chi connectivity index (χ0n) is 10.3. The topological polar surface area (TPSA) is 64.6 Å². The van der Waals surface area contributed by atoms with E-state index in [2.05, 4.69) is 5.32 Å². The van der Waals surface area contributed by atoms with Crippen LogP contribution in [0.3, 0.4) is 0 Å². The van der Waals surface area contributed by atoms with Crippen molar-refractivity contribution in [2.75, 3.05) is 12.5 Å². The van der Waals surface area contributed by atoms with Gasteiger partial charge in [0.2, 0.25) is 0 Å². The molecule has 1 rings (SSSR count). The van der Waals surface area contributed by atoms with E-state index in [4.69, 9.17) is 21.1 Å². The van der Waals surface area contributed by atoms with Crippen molar-refractivity contribution in [3.63, 3.8) is 0 Å². The lowest BCUT2D eigenvalue weighted by atomic mass is 10.2. The van der Waals surface area contributed by atoms with Crippen molar-refractivity contribution >= 4 is 23.7 Å². The number of carbonyl (C=O) groups is 2. The molecule has 17 heavy (non-hydrogen) atoms. The zero-order chi connectivity index (χ0) is 13.3. The number of rotatable bonds is 2. The van der Waals surface area contributed by atoms with Gasteiger partial charge in [-0.15, -0.1) is 11.6 Å². The second kappa shape index (κ2) is 8.87. The average Bonchev–Trinajstić information content (AvgIpc) is 2.53. The summed E-state index contributed by atoms with van der Waals surface area (Å²) in [6.07, 6.45) is 1.07. The van der Waals surface area contributed by atoms with Gasteiger partial charge in [-0.05, 0) is 6.92 Å². The van der Waals surface area contributed by atoms with Crippen molar-refractivity contribution in [2.24, 2.45) is 0 Å². The largest absolute Gasteiger partial charge is 0.455 e. The lowest BCUT2D eigenvalue weighted by molar-refractivity contribution is -0.144. The first kappa shape index (κ1) is 15.8. The summed E-state index contributed by atoms with van der Waals surface area (Å²) in [6.45, 7) is 5.95. The highest BCUT2D eigenvalue weighted by Gasteiger charge is 2.24. The maximum atomic E-state index is 11.0. The third kappa shape index (κ3) is 5.58. The second-order valence-electron chi connectivity index (χ2n) is 2.91. The molecule has 0 aromatic carbocycles. The Hall–Kier alpha value is -1.23. The summed E-state index contributed by atoms with van der Waals surface area (Å²) in [6, 6.07) is 0. The van der Waals surface area contributed by atoms with Gasteiger partial charge in [-0.3, -0.25) is 10.1 Å². The normalized spacial score (nSPS) is 21.5. The van der Waals surface area contributed by atoms with Crippen molar-refractivity contribution in [1.82, 2.24) is 5.32 Å². The summed E-state index contributed by atoms with van der Waals surface area (Å²) in [4.78, 5) is 22.0. The molecule has 0 bridgehead atoms. The minimum absolute atomic E-state index is 0.206. The fraction of sp³-hybridized carbons (Fsp3) is 0.636. The first-order valence-corrected chi connectivity index (χ1v) is 6.06. The van der Waals surface area contributed by atoms with Crippen LogP contribution in [0.15, 0.2) is 11.8 Å². The molecular formula is C11H18ClNO4. The number of alkyl carbamates (subject to hydrolysis) is 1. The maximum Gasteiger partial charge on any atom is 0.411 e. The number of carbonyl (C=O) groups excluding carboxylic acids is 2. The van der Waals surface area contributed by atoms with Crippen LogP contribution in [0.2, 0.25) is 0 Å². The van der Waals surface area contributed by atoms with Crippen LogP contribution in [0.25, 0.3) is 0 Å². The van der Waals surface area contributed by atoms with Crippen molar-refractivity contribution < 1.29 is 19.1 Å². The molecule has 1 aliphatic heterocycles. The van der Waals surface area contributed by atoms with Crippen molar-refractivity contribution in [3.8, 4) is 0 Å². The van der Waals surface area contributed by atoms with Crippen LogP contribution in [0.4, 0.5) is 4.79 Å². The lowest BCUT2D eigenvalue weighted by Crippen LogP contribution is -2.29. The lowest BCUT2D eigenvalue weighted by Gasteiger charge is -2.16. The first-order valence-electron chi connectivity index (χ1n) is 5.52. The van der Waals surface area contributed by atoms with Crippen molar-refractivity contribution in [3.05, 3.63) is 11.8 Å². The third-order valence-corrected chi connectivity index (χ3v) is 2.12. The van der Waals surface area contributed by atoms with Gasteiger partial charge in [0.1, 0.15) is 12.0 Å². The molecule has 1 atom stereocenters. The Kier molecular flexibility index (Phi) is 8.23. The minimum Gasteiger partial charge on any atom is -0.455 e. The van der Waals surface area contributed by atoms with Crippen LogP contribution in [0.5, 0.6) is 0 Å². The Morgan fingerprint density at radius 1 is 1.65 bits per heavy atom. The molecule has 0 radical (unpaired) electrons. The van der Waals surface area contributed by atoms with E-state index in [0.29, 0.717) is 12.1 Å². The number of halogens is 1. The Morgan fingerprint density at radius 3 is 2.82 bits per heavy atom. The van der Waals surface area contributed by atoms with E-state index in [9.17, 15) is 9.59 Å². The minimum atomic E-state index is -0.535. The monoisotopic (exact) mass is 263 g/mol. The highest BCUT2D eigenvalue weighted by molar-refractivity contribution is 6.26. The second-order valence-corrected chi connectivity index (χ2v) is 3.17. The number of allylic oxidation sites excluding steroid dienone is 1. The number of amides is 1. The molecule has 1 saturated heterocycles. The van der Waals surface area contributed by atoms with Gasteiger partial charge in [-0.25, -0.2) is 4.79 Å². The average molecular weight is 264 g/mol. The summed E-state index contributed by atoms with van der Waals surface area (Å²) in [5.74, 6) is -0.723. The standard InChI is InChI=1S/C9H12ClNO4.C2H6/c1-2-6-7(15-8(12)5-10)3-4-14-9(13)11-6;1-2/h2,7H,3-5H2,1H3,(H,11,13);1-2H3/b6-2+;. The quantitative estimate of drug-likeness (QED) is 0.613. The van der Waals surface area contributed by atoms with E-state index >= 15 is 0 Å². The molecule has 0 aromatic heterocycles. The summed E-state index contributed by atoms with van der Waals surface area (Å²) in [5, 5.41) is 2.49. The number of ether oxygens (including phenoxy) is 2.